The van der Waals surface area contributed by atoms with E-state index in [-0.39, 0.29) is 5.91 Å². The van der Waals surface area contributed by atoms with Crippen LogP contribution in [0.5, 0.6) is 0 Å². The Kier molecular flexibility index (Phi) is 6.52. The largest absolute Gasteiger partial charge is 0.378 e. The van der Waals surface area contributed by atoms with Crippen LogP contribution in [-0.4, -0.2) is 37.7 Å². The van der Waals surface area contributed by atoms with Gasteiger partial charge in [0.15, 0.2) is 0 Å². The fraction of sp³-hybridized carbons (Fsp3) is 0.923. The van der Waals surface area contributed by atoms with Crippen LogP contribution in [0, 0.1) is 5.92 Å². The molecule has 0 aromatic rings. The van der Waals surface area contributed by atoms with E-state index >= 15 is 0 Å². The standard InChI is InChI=1S/C13H26N2O2/c1-4-6-14-13(16)9-15-11-5-7-17-12(8-11)10(2)3/h10-12,15H,4-9H2,1-3H3,(H,14,16). The normalized spacial score (nSPS) is 24.9. The lowest BCUT2D eigenvalue weighted by Gasteiger charge is -2.32. The number of ether oxygens (including phenoxy) is 1. The van der Waals surface area contributed by atoms with Gasteiger partial charge in [-0.15, -0.1) is 0 Å². The minimum absolute atomic E-state index is 0.0967. The zero-order valence-electron chi connectivity index (χ0n) is 11.3. The van der Waals surface area contributed by atoms with Crippen molar-refractivity contribution in [2.75, 3.05) is 19.7 Å². The highest BCUT2D eigenvalue weighted by atomic mass is 16.5. The van der Waals surface area contributed by atoms with Crippen LogP contribution in [0.3, 0.4) is 0 Å². The lowest BCUT2D eigenvalue weighted by atomic mass is 9.95. The third-order valence-corrected chi connectivity index (χ3v) is 3.18. The number of rotatable bonds is 6. The van der Waals surface area contributed by atoms with Crippen LogP contribution in [-0.2, 0) is 9.53 Å². The van der Waals surface area contributed by atoms with Crippen molar-refractivity contribution in [3.8, 4) is 0 Å². The highest BCUT2D eigenvalue weighted by Gasteiger charge is 2.24. The average molecular weight is 242 g/mol. The summed E-state index contributed by atoms with van der Waals surface area (Å²) in [5, 5.41) is 6.20. The van der Waals surface area contributed by atoms with Gasteiger partial charge in [0.05, 0.1) is 12.6 Å². The Bertz CT molecular complexity index is 231. The monoisotopic (exact) mass is 242 g/mol. The summed E-state index contributed by atoms with van der Waals surface area (Å²) in [4.78, 5) is 11.5. The lowest BCUT2D eigenvalue weighted by Crippen LogP contribution is -2.44. The number of hydrogen-bond acceptors (Lipinski definition) is 3. The molecule has 0 aliphatic carbocycles. The van der Waals surface area contributed by atoms with E-state index in [1.165, 1.54) is 0 Å². The van der Waals surface area contributed by atoms with Crippen molar-refractivity contribution in [3.63, 3.8) is 0 Å². The second-order valence-electron chi connectivity index (χ2n) is 5.11. The van der Waals surface area contributed by atoms with Crippen molar-refractivity contribution < 1.29 is 9.53 Å². The Morgan fingerprint density at radius 3 is 2.88 bits per heavy atom. The van der Waals surface area contributed by atoms with Crippen molar-refractivity contribution in [1.29, 1.82) is 0 Å². The van der Waals surface area contributed by atoms with E-state index in [2.05, 4.69) is 31.4 Å². The molecule has 1 rings (SSSR count). The molecule has 17 heavy (non-hydrogen) atoms. The maximum absolute atomic E-state index is 11.5. The molecule has 4 nitrogen and oxygen atoms in total. The number of carbonyl (C=O) groups is 1. The Morgan fingerprint density at radius 1 is 1.47 bits per heavy atom. The van der Waals surface area contributed by atoms with Gasteiger partial charge >= 0.3 is 0 Å². The van der Waals surface area contributed by atoms with E-state index in [0.29, 0.717) is 24.6 Å². The van der Waals surface area contributed by atoms with Crippen molar-refractivity contribution in [2.45, 2.75) is 52.2 Å². The minimum Gasteiger partial charge on any atom is -0.378 e. The highest BCUT2D eigenvalue weighted by molar-refractivity contribution is 5.77. The SMILES string of the molecule is CCCNC(=O)CNC1CCOC(C(C)C)C1. The molecule has 4 heteroatoms. The van der Waals surface area contributed by atoms with Crippen LogP contribution in [0.4, 0.5) is 0 Å². The molecule has 1 heterocycles. The van der Waals surface area contributed by atoms with E-state index in [1.807, 2.05) is 0 Å². The van der Waals surface area contributed by atoms with Gasteiger partial charge in [-0.3, -0.25) is 4.79 Å². The molecule has 2 N–H and O–H groups in total. The molecule has 0 aromatic heterocycles. The van der Waals surface area contributed by atoms with E-state index in [9.17, 15) is 4.79 Å². The van der Waals surface area contributed by atoms with Crippen LogP contribution in [0.2, 0.25) is 0 Å². The van der Waals surface area contributed by atoms with Crippen LogP contribution < -0.4 is 10.6 Å². The van der Waals surface area contributed by atoms with Gasteiger partial charge < -0.3 is 15.4 Å². The van der Waals surface area contributed by atoms with Gasteiger partial charge in [0.25, 0.3) is 0 Å². The predicted molar refractivity (Wildman–Crippen MR) is 68.9 cm³/mol. The first-order valence-corrected chi connectivity index (χ1v) is 6.75. The van der Waals surface area contributed by atoms with Crippen LogP contribution in [0.15, 0.2) is 0 Å². The number of hydrogen-bond donors (Lipinski definition) is 2. The Balaban J connectivity index is 2.20. The molecular formula is C13H26N2O2. The van der Waals surface area contributed by atoms with Gasteiger partial charge in [0, 0.05) is 19.2 Å². The third kappa shape index (κ3) is 5.50. The molecule has 0 saturated carbocycles. The molecule has 0 bridgehead atoms. The Morgan fingerprint density at radius 2 is 2.24 bits per heavy atom. The molecule has 2 atom stereocenters. The summed E-state index contributed by atoms with van der Waals surface area (Å²) in [7, 11) is 0. The second kappa shape index (κ2) is 7.67. The summed E-state index contributed by atoms with van der Waals surface area (Å²) in [6, 6.07) is 0.420. The maximum Gasteiger partial charge on any atom is 0.233 e. The van der Waals surface area contributed by atoms with Gasteiger partial charge in [0.1, 0.15) is 0 Å². The second-order valence-corrected chi connectivity index (χ2v) is 5.11. The topological polar surface area (TPSA) is 50.4 Å². The molecule has 1 fully saturated rings. The summed E-state index contributed by atoms with van der Waals surface area (Å²) in [5.41, 5.74) is 0. The van der Waals surface area contributed by atoms with E-state index in [0.717, 1.165) is 32.4 Å². The minimum atomic E-state index is 0.0967. The van der Waals surface area contributed by atoms with E-state index in [1.54, 1.807) is 0 Å². The van der Waals surface area contributed by atoms with Crippen LogP contribution >= 0.6 is 0 Å². The Labute approximate surface area is 104 Å². The highest BCUT2D eigenvalue weighted by Crippen LogP contribution is 2.19. The number of nitrogens with one attached hydrogen (secondary N) is 2. The molecule has 100 valence electrons. The fourth-order valence-electron chi connectivity index (χ4n) is 2.04. The van der Waals surface area contributed by atoms with E-state index in [4.69, 9.17) is 4.74 Å². The van der Waals surface area contributed by atoms with Gasteiger partial charge in [0.2, 0.25) is 5.91 Å². The molecule has 2 unspecified atom stereocenters. The zero-order chi connectivity index (χ0) is 12.7. The molecule has 1 saturated heterocycles. The third-order valence-electron chi connectivity index (χ3n) is 3.18. The fourth-order valence-corrected chi connectivity index (χ4v) is 2.04. The molecule has 1 aliphatic rings. The molecule has 0 aromatic carbocycles. The van der Waals surface area contributed by atoms with Crippen LogP contribution in [0.1, 0.15) is 40.0 Å². The van der Waals surface area contributed by atoms with Crippen molar-refractivity contribution >= 4 is 5.91 Å². The van der Waals surface area contributed by atoms with Crippen molar-refractivity contribution in [3.05, 3.63) is 0 Å². The number of carbonyl (C=O) groups excluding carboxylic acids is 1. The number of amides is 1. The maximum atomic E-state index is 11.5. The van der Waals surface area contributed by atoms with Crippen molar-refractivity contribution in [2.24, 2.45) is 5.92 Å². The first kappa shape index (κ1) is 14.5. The zero-order valence-corrected chi connectivity index (χ0v) is 11.3. The molecular weight excluding hydrogens is 216 g/mol. The molecule has 1 aliphatic heterocycles. The molecule has 0 radical (unpaired) electrons. The molecule has 1 amide bonds. The first-order chi connectivity index (χ1) is 8.13. The smallest absolute Gasteiger partial charge is 0.233 e. The predicted octanol–water partition coefficient (Wildman–Crippen LogP) is 1.31. The van der Waals surface area contributed by atoms with Crippen LogP contribution in [0.25, 0.3) is 0 Å². The first-order valence-electron chi connectivity index (χ1n) is 6.75. The summed E-state index contributed by atoms with van der Waals surface area (Å²) in [5.74, 6) is 0.646. The molecule has 0 spiro atoms. The quantitative estimate of drug-likeness (QED) is 0.738. The van der Waals surface area contributed by atoms with Gasteiger partial charge in [-0.25, -0.2) is 0 Å². The van der Waals surface area contributed by atoms with Crippen molar-refractivity contribution in [1.82, 2.24) is 10.6 Å². The van der Waals surface area contributed by atoms with Gasteiger partial charge in [-0.1, -0.05) is 20.8 Å². The average Bonchev–Trinajstić information content (AvgIpc) is 2.34. The summed E-state index contributed by atoms with van der Waals surface area (Å²) < 4.78 is 5.70. The van der Waals surface area contributed by atoms with E-state index < -0.39 is 0 Å². The summed E-state index contributed by atoms with van der Waals surface area (Å²) >= 11 is 0. The Hall–Kier alpha value is -0.610. The van der Waals surface area contributed by atoms with Gasteiger partial charge in [-0.2, -0.15) is 0 Å². The summed E-state index contributed by atoms with van der Waals surface area (Å²) in [6.07, 6.45) is 3.33. The lowest BCUT2D eigenvalue weighted by molar-refractivity contribution is -0.120. The van der Waals surface area contributed by atoms with Gasteiger partial charge in [-0.05, 0) is 25.2 Å². The summed E-state index contributed by atoms with van der Waals surface area (Å²) in [6.45, 7) is 8.41.